The van der Waals surface area contributed by atoms with E-state index in [4.69, 9.17) is 5.73 Å². The van der Waals surface area contributed by atoms with E-state index >= 15 is 0 Å². The summed E-state index contributed by atoms with van der Waals surface area (Å²) in [5, 5.41) is 0. The van der Waals surface area contributed by atoms with Gasteiger partial charge in [0.1, 0.15) is 0 Å². The molecule has 2 N–H and O–H groups in total. The summed E-state index contributed by atoms with van der Waals surface area (Å²) in [5.41, 5.74) is 7.31. The van der Waals surface area contributed by atoms with Gasteiger partial charge < -0.3 is 15.5 Å². The number of nitrogens with two attached hydrogens (primary N) is 1. The Balaban J connectivity index is 0.00000144. The van der Waals surface area contributed by atoms with Gasteiger partial charge in [-0.05, 0) is 31.9 Å². The van der Waals surface area contributed by atoms with Crippen molar-refractivity contribution >= 4 is 36.4 Å². The maximum Gasteiger partial charge on any atom is 0.227 e. The fourth-order valence-corrected chi connectivity index (χ4v) is 3.81. The molecule has 1 heterocycles. The van der Waals surface area contributed by atoms with Crippen LogP contribution < -0.4 is 10.6 Å². The zero-order valence-corrected chi connectivity index (χ0v) is 16.0. The number of piperazine rings is 1. The molecule has 4 nitrogen and oxygen atoms in total. The number of nitrogens with zero attached hydrogens (tertiary/aromatic N) is 2. The minimum atomic E-state index is -0.327. The number of carbonyl (C=O) groups is 1. The summed E-state index contributed by atoms with van der Waals surface area (Å²) in [5.74, 6) is 0.280. The third-order valence-electron chi connectivity index (χ3n) is 5.27. The van der Waals surface area contributed by atoms with Gasteiger partial charge in [0, 0.05) is 37.4 Å². The van der Waals surface area contributed by atoms with E-state index in [0.29, 0.717) is 0 Å². The highest BCUT2D eigenvalue weighted by Crippen LogP contribution is 2.33. The van der Waals surface area contributed by atoms with Crippen LogP contribution in [0.3, 0.4) is 0 Å². The van der Waals surface area contributed by atoms with Gasteiger partial charge in [0.25, 0.3) is 0 Å². The van der Waals surface area contributed by atoms with Crippen LogP contribution in [-0.2, 0) is 4.79 Å². The molecule has 2 fully saturated rings. The second-order valence-electron chi connectivity index (χ2n) is 6.95. The first-order chi connectivity index (χ1) is 10.6. The van der Waals surface area contributed by atoms with Crippen LogP contribution in [0.5, 0.6) is 0 Å². The standard InChI is InChI=1S/C18H27N3O.2ClH/c1-18(19)10-6-5-9-16(18)17(22)21-13-11-20(12-14-21)15-7-3-2-4-8-15;;/h2-4,7-8,16H,5-6,9-14,19H2,1H3;2*1H. The van der Waals surface area contributed by atoms with Crippen molar-refractivity contribution < 1.29 is 4.79 Å². The lowest BCUT2D eigenvalue weighted by atomic mass is 9.74. The molecule has 1 aliphatic heterocycles. The van der Waals surface area contributed by atoms with Gasteiger partial charge in [-0.15, -0.1) is 24.8 Å². The molecule has 6 heteroatoms. The normalized spacial score (nSPS) is 27.0. The Morgan fingerprint density at radius 1 is 1.08 bits per heavy atom. The number of benzene rings is 1. The molecule has 2 aliphatic rings. The molecule has 1 amide bonds. The second-order valence-corrected chi connectivity index (χ2v) is 6.95. The molecule has 1 aromatic rings. The molecule has 0 radical (unpaired) electrons. The smallest absolute Gasteiger partial charge is 0.227 e. The molecule has 1 aliphatic carbocycles. The molecule has 0 bridgehead atoms. The van der Waals surface area contributed by atoms with Crippen molar-refractivity contribution in [2.75, 3.05) is 31.1 Å². The number of anilines is 1. The Hall–Kier alpha value is -0.970. The molecular formula is C18H29Cl2N3O. The van der Waals surface area contributed by atoms with Gasteiger partial charge >= 0.3 is 0 Å². The third kappa shape index (κ3) is 4.56. The number of para-hydroxylation sites is 1. The number of rotatable bonds is 2. The summed E-state index contributed by atoms with van der Waals surface area (Å²) in [7, 11) is 0. The van der Waals surface area contributed by atoms with Crippen LogP contribution in [0.2, 0.25) is 0 Å². The van der Waals surface area contributed by atoms with Crippen LogP contribution in [0, 0.1) is 5.92 Å². The lowest BCUT2D eigenvalue weighted by molar-refractivity contribution is -0.139. The summed E-state index contributed by atoms with van der Waals surface area (Å²) in [6.07, 6.45) is 4.20. The molecule has 24 heavy (non-hydrogen) atoms. The van der Waals surface area contributed by atoms with Gasteiger partial charge in [-0.2, -0.15) is 0 Å². The van der Waals surface area contributed by atoms with Gasteiger partial charge in [-0.3, -0.25) is 4.79 Å². The topological polar surface area (TPSA) is 49.6 Å². The second kappa shape index (κ2) is 8.93. The van der Waals surface area contributed by atoms with Gasteiger partial charge in [-0.25, -0.2) is 0 Å². The van der Waals surface area contributed by atoms with Gasteiger partial charge in [0.15, 0.2) is 0 Å². The molecule has 3 rings (SSSR count). The van der Waals surface area contributed by atoms with Crippen molar-refractivity contribution in [3.63, 3.8) is 0 Å². The number of hydrogen-bond acceptors (Lipinski definition) is 3. The Labute approximate surface area is 157 Å². The lowest BCUT2D eigenvalue weighted by Gasteiger charge is -2.42. The first-order valence-electron chi connectivity index (χ1n) is 8.45. The molecule has 2 unspecified atom stereocenters. The Kier molecular flexibility index (Phi) is 7.84. The minimum Gasteiger partial charge on any atom is -0.368 e. The Morgan fingerprint density at radius 3 is 2.29 bits per heavy atom. The van der Waals surface area contributed by atoms with E-state index in [1.54, 1.807) is 0 Å². The zero-order chi connectivity index (χ0) is 15.6. The monoisotopic (exact) mass is 373 g/mol. The van der Waals surface area contributed by atoms with Crippen molar-refractivity contribution in [3.8, 4) is 0 Å². The van der Waals surface area contributed by atoms with E-state index in [9.17, 15) is 4.79 Å². The zero-order valence-electron chi connectivity index (χ0n) is 14.3. The first-order valence-corrected chi connectivity index (χ1v) is 8.45. The van der Waals surface area contributed by atoms with Crippen molar-refractivity contribution in [1.29, 1.82) is 0 Å². The molecule has 1 aromatic carbocycles. The van der Waals surface area contributed by atoms with Crippen LogP contribution >= 0.6 is 24.8 Å². The predicted octanol–water partition coefficient (Wildman–Crippen LogP) is 3.09. The number of carbonyl (C=O) groups excluding carboxylic acids is 1. The average molecular weight is 374 g/mol. The first kappa shape index (κ1) is 21.1. The van der Waals surface area contributed by atoms with Gasteiger partial charge in [-0.1, -0.05) is 31.0 Å². The minimum absolute atomic E-state index is 0. The van der Waals surface area contributed by atoms with Crippen molar-refractivity contribution in [2.24, 2.45) is 11.7 Å². The quantitative estimate of drug-likeness (QED) is 0.866. The van der Waals surface area contributed by atoms with E-state index in [1.807, 2.05) is 11.0 Å². The van der Waals surface area contributed by atoms with Crippen molar-refractivity contribution in [3.05, 3.63) is 30.3 Å². The highest BCUT2D eigenvalue weighted by Gasteiger charge is 2.40. The molecule has 1 saturated carbocycles. The molecule has 0 aromatic heterocycles. The summed E-state index contributed by atoms with van der Waals surface area (Å²) >= 11 is 0. The van der Waals surface area contributed by atoms with Crippen LogP contribution in [0.15, 0.2) is 30.3 Å². The fourth-order valence-electron chi connectivity index (χ4n) is 3.81. The van der Waals surface area contributed by atoms with E-state index in [0.717, 1.165) is 51.9 Å². The maximum absolute atomic E-state index is 12.8. The van der Waals surface area contributed by atoms with E-state index in [-0.39, 0.29) is 42.2 Å². The number of amides is 1. The number of halogens is 2. The predicted molar refractivity (Wildman–Crippen MR) is 104 cm³/mol. The van der Waals surface area contributed by atoms with Gasteiger partial charge in [0.2, 0.25) is 5.91 Å². The highest BCUT2D eigenvalue weighted by molar-refractivity contribution is 5.85. The number of hydrogen-bond donors (Lipinski definition) is 1. The van der Waals surface area contributed by atoms with Crippen LogP contribution in [-0.4, -0.2) is 42.5 Å². The third-order valence-corrected chi connectivity index (χ3v) is 5.27. The van der Waals surface area contributed by atoms with Crippen LogP contribution in [0.4, 0.5) is 5.69 Å². The maximum atomic E-state index is 12.8. The summed E-state index contributed by atoms with van der Waals surface area (Å²) < 4.78 is 0. The molecule has 1 saturated heterocycles. The molecule has 2 atom stereocenters. The largest absolute Gasteiger partial charge is 0.368 e. The fraction of sp³-hybridized carbons (Fsp3) is 0.611. The van der Waals surface area contributed by atoms with Gasteiger partial charge in [0.05, 0.1) is 5.92 Å². The average Bonchev–Trinajstić information content (AvgIpc) is 2.55. The lowest BCUT2D eigenvalue weighted by Crippen LogP contribution is -2.57. The van der Waals surface area contributed by atoms with Crippen molar-refractivity contribution in [2.45, 2.75) is 38.1 Å². The Morgan fingerprint density at radius 2 is 1.71 bits per heavy atom. The molecule has 0 spiro atoms. The van der Waals surface area contributed by atoms with E-state index in [2.05, 4.69) is 36.1 Å². The SMILES string of the molecule is CC1(N)CCCCC1C(=O)N1CCN(c2ccccc2)CC1.Cl.Cl. The summed E-state index contributed by atoms with van der Waals surface area (Å²) in [6, 6.07) is 10.4. The molecule has 136 valence electrons. The van der Waals surface area contributed by atoms with E-state index in [1.165, 1.54) is 5.69 Å². The summed E-state index contributed by atoms with van der Waals surface area (Å²) in [4.78, 5) is 17.2. The van der Waals surface area contributed by atoms with Crippen LogP contribution in [0.25, 0.3) is 0 Å². The van der Waals surface area contributed by atoms with Crippen LogP contribution in [0.1, 0.15) is 32.6 Å². The Bertz CT molecular complexity index is 516. The highest BCUT2D eigenvalue weighted by atomic mass is 35.5. The summed E-state index contributed by atoms with van der Waals surface area (Å²) in [6.45, 7) is 5.48. The van der Waals surface area contributed by atoms with Crippen molar-refractivity contribution in [1.82, 2.24) is 4.90 Å². The molecular weight excluding hydrogens is 345 g/mol. The van der Waals surface area contributed by atoms with E-state index < -0.39 is 0 Å².